The van der Waals surface area contributed by atoms with Gasteiger partial charge in [0.05, 0.1) is 13.4 Å². The molecule has 0 radical (unpaired) electrons. The summed E-state index contributed by atoms with van der Waals surface area (Å²) >= 11 is 0. The van der Waals surface area contributed by atoms with Gasteiger partial charge in [0.15, 0.2) is 5.71 Å². The predicted molar refractivity (Wildman–Crippen MR) is 104 cm³/mol. The second-order valence-electron chi connectivity index (χ2n) is 5.77. The molecule has 0 aliphatic carbocycles. The van der Waals surface area contributed by atoms with E-state index in [2.05, 4.69) is 9.44 Å². The fourth-order valence-corrected chi connectivity index (χ4v) is 2.91. The van der Waals surface area contributed by atoms with Crippen LogP contribution in [0.25, 0.3) is 10.8 Å². The van der Waals surface area contributed by atoms with E-state index in [0.717, 1.165) is 11.6 Å². The SMILES string of the molecule is COc1ccc(C(=O)/C(=N/OS(C)(=O)=O)c2ccccc2)c2ccccc12. The highest BCUT2D eigenvalue weighted by Crippen LogP contribution is 2.29. The number of Topliss-reactive ketones (excluding diaryl/α,β-unsaturated/α-hetero) is 1. The van der Waals surface area contributed by atoms with Crippen LogP contribution in [0.15, 0.2) is 71.9 Å². The molecule has 0 amide bonds. The number of rotatable bonds is 6. The Morgan fingerprint density at radius 1 is 0.889 bits per heavy atom. The molecule has 3 rings (SSSR count). The molecule has 0 saturated carbocycles. The molecule has 3 aromatic rings. The first-order chi connectivity index (χ1) is 12.9. The topological polar surface area (TPSA) is 82.0 Å². The molecule has 0 aromatic heterocycles. The quantitative estimate of drug-likeness (QED) is 0.370. The van der Waals surface area contributed by atoms with Gasteiger partial charge < -0.3 is 4.74 Å². The molecular formula is C20H17NO5S. The van der Waals surface area contributed by atoms with Crippen molar-refractivity contribution in [1.82, 2.24) is 0 Å². The molecule has 138 valence electrons. The second-order valence-corrected chi connectivity index (χ2v) is 7.33. The smallest absolute Gasteiger partial charge is 0.325 e. The summed E-state index contributed by atoms with van der Waals surface area (Å²) in [6, 6.07) is 19.2. The lowest BCUT2D eigenvalue weighted by molar-refractivity contribution is 0.106. The first-order valence-electron chi connectivity index (χ1n) is 8.03. The first kappa shape index (κ1) is 18.6. The van der Waals surface area contributed by atoms with Gasteiger partial charge in [-0.2, -0.15) is 8.42 Å². The lowest BCUT2D eigenvalue weighted by Gasteiger charge is -2.11. The van der Waals surface area contributed by atoms with Crippen LogP contribution in [0.1, 0.15) is 15.9 Å². The molecule has 0 N–H and O–H groups in total. The minimum Gasteiger partial charge on any atom is -0.496 e. The van der Waals surface area contributed by atoms with E-state index in [4.69, 9.17) is 4.74 Å². The molecule has 3 aromatic carbocycles. The van der Waals surface area contributed by atoms with Crippen LogP contribution in [-0.4, -0.2) is 33.3 Å². The van der Waals surface area contributed by atoms with Crippen molar-refractivity contribution in [2.45, 2.75) is 0 Å². The zero-order chi connectivity index (χ0) is 19.4. The van der Waals surface area contributed by atoms with Crippen LogP contribution in [0.2, 0.25) is 0 Å². The standard InChI is InChI=1S/C20H17NO5S/c1-25-18-13-12-17(15-10-6-7-11-16(15)18)20(22)19(21-26-27(2,23)24)14-8-4-3-5-9-14/h3-13H,1-2H3/b21-19+. The number of nitrogens with zero attached hydrogens (tertiary/aromatic N) is 1. The number of methoxy groups -OCH3 is 1. The Labute approximate surface area is 157 Å². The minimum absolute atomic E-state index is 0.101. The van der Waals surface area contributed by atoms with E-state index in [0.29, 0.717) is 22.3 Å². The number of oxime groups is 1. The van der Waals surface area contributed by atoms with E-state index in [1.165, 1.54) is 0 Å². The van der Waals surface area contributed by atoms with Crippen molar-refractivity contribution in [1.29, 1.82) is 0 Å². The molecule has 0 fully saturated rings. The van der Waals surface area contributed by atoms with Crippen molar-refractivity contribution >= 4 is 32.4 Å². The van der Waals surface area contributed by atoms with E-state index in [-0.39, 0.29) is 5.71 Å². The third-order valence-corrected chi connectivity index (χ3v) is 4.22. The largest absolute Gasteiger partial charge is 0.496 e. The molecule has 0 spiro atoms. The summed E-state index contributed by atoms with van der Waals surface area (Å²) in [6.07, 6.45) is 0.867. The minimum atomic E-state index is -3.86. The van der Waals surface area contributed by atoms with Gasteiger partial charge in [0.1, 0.15) is 5.75 Å². The molecule has 0 heterocycles. The number of hydrogen-bond donors (Lipinski definition) is 0. The van der Waals surface area contributed by atoms with Gasteiger partial charge in [-0.05, 0) is 17.5 Å². The third kappa shape index (κ3) is 4.15. The average Bonchev–Trinajstić information content (AvgIpc) is 2.67. The second kappa shape index (κ2) is 7.59. The highest BCUT2D eigenvalue weighted by Gasteiger charge is 2.21. The number of ether oxygens (including phenoxy) is 1. The van der Waals surface area contributed by atoms with Crippen LogP contribution in [0.5, 0.6) is 5.75 Å². The summed E-state index contributed by atoms with van der Waals surface area (Å²) < 4.78 is 32.6. The van der Waals surface area contributed by atoms with Crippen molar-refractivity contribution in [2.24, 2.45) is 5.16 Å². The van der Waals surface area contributed by atoms with Crippen LogP contribution in [0.4, 0.5) is 0 Å². The van der Waals surface area contributed by atoms with Gasteiger partial charge in [-0.3, -0.25) is 9.08 Å². The molecule has 0 unspecified atom stereocenters. The Balaban J connectivity index is 2.17. The van der Waals surface area contributed by atoms with Crippen LogP contribution in [0.3, 0.4) is 0 Å². The summed E-state index contributed by atoms with van der Waals surface area (Å²) in [7, 11) is -2.30. The summed E-state index contributed by atoms with van der Waals surface area (Å²) in [5, 5.41) is 5.08. The Kier molecular flexibility index (Phi) is 5.23. The normalized spacial score (nSPS) is 12.0. The fraction of sp³-hybridized carbons (Fsp3) is 0.100. The van der Waals surface area contributed by atoms with Gasteiger partial charge in [0.2, 0.25) is 5.78 Å². The van der Waals surface area contributed by atoms with Crippen LogP contribution < -0.4 is 4.74 Å². The third-order valence-electron chi connectivity index (χ3n) is 3.87. The van der Waals surface area contributed by atoms with Gasteiger partial charge >= 0.3 is 10.1 Å². The summed E-state index contributed by atoms with van der Waals surface area (Å²) in [5.41, 5.74) is 0.716. The Morgan fingerprint density at radius 2 is 1.52 bits per heavy atom. The van der Waals surface area contributed by atoms with E-state index < -0.39 is 15.9 Å². The zero-order valence-corrected chi connectivity index (χ0v) is 15.6. The maximum absolute atomic E-state index is 13.2. The Bertz CT molecular complexity index is 1120. The number of hydrogen-bond acceptors (Lipinski definition) is 6. The van der Waals surface area contributed by atoms with E-state index >= 15 is 0 Å². The van der Waals surface area contributed by atoms with E-state index in [1.807, 2.05) is 18.2 Å². The first-order valence-corrected chi connectivity index (χ1v) is 9.85. The van der Waals surface area contributed by atoms with Gasteiger partial charge in [-0.25, -0.2) is 0 Å². The molecule has 0 atom stereocenters. The lowest BCUT2D eigenvalue weighted by atomic mass is 9.95. The van der Waals surface area contributed by atoms with E-state index in [9.17, 15) is 13.2 Å². The van der Waals surface area contributed by atoms with Crippen molar-refractivity contribution in [2.75, 3.05) is 13.4 Å². The predicted octanol–water partition coefficient (Wildman–Crippen LogP) is 3.41. The molecular weight excluding hydrogens is 366 g/mol. The molecule has 0 aliphatic heterocycles. The monoisotopic (exact) mass is 383 g/mol. The van der Waals surface area contributed by atoms with Gasteiger partial charge in [0.25, 0.3) is 0 Å². The summed E-state index contributed by atoms with van der Waals surface area (Å²) in [6.45, 7) is 0. The highest BCUT2D eigenvalue weighted by atomic mass is 32.2. The molecule has 0 saturated heterocycles. The molecule has 6 nitrogen and oxygen atoms in total. The molecule has 27 heavy (non-hydrogen) atoms. The molecule has 7 heteroatoms. The van der Waals surface area contributed by atoms with Crippen molar-refractivity contribution in [3.8, 4) is 5.75 Å². The summed E-state index contributed by atoms with van der Waals surface area (Å²) in [5.74, 6) is 0.177. The van der Waals surface area contributed by atoms with Gasteiger partial charge in [0, 0.05) is 16.5 Å². The van der Waals surface area contributed by atoms with Crippen molar-refractivity contribution in [3.05, 3.63) is 77.9 Å². The number of benzene rings is 3. The van der Waals surface area contributed by atoms with Crippen molar-refractivity contribution in [3.63, 3.8) is 0 Å². The molecule has 0 aliphatic rings. The van der Waals surface area contributed by atoms with Crippen LogP contribution >= 0.6 is 0 Å². The summed E-state index contributed by atoms with van der Waals surface area (Å²) in [4.78, 5) is 13.2. The van der Waals surface area contributed by atoms with Gasteiger partial charge in [-0.15, -0.1) is 0 Å². The number of fused-ring (bicyclic) bond motifs is 1. The number of ketones is 1. The van der Waals surface area contributed by atoms with E-state index in [1.54, 1.807) is 55.6 Å². The maximum atomic E-state index is 13.2. The highest BCUT2D eigenvalue weighted by molar-refractivity contribution is 7.85. The lowest BCUT2D eigenvalue weighted by Crippen LogP contribution is -2.18. The van der Waals surface area contributed by atoms with Crippen molar-refractivity contribution < 1.29 is 22.2 Å². The zero-order valence-electron chi connectivity index (χ0n) is 14.7. The fourth-order valence-electron chi connectivity index (χ4n) is 2.70. The Morgan fingerprint density at radius 3 is 2.15 bits per heavy atom. The molecule has 0 bridgehead atoms. The number of carbonyl (C=O) groups is 1. The van der Waals surface area contributed by atoms with Gasteiger partial charge in [-0.1, -0.05) is 59.8 Å². The number of carbonyl (C=O) groups excluding carboxylic acids is 1. The van der Waals surface area contributed by atoms with Crippen LogP contribution in [-0.2, 0) is 14.4 Å². The average molecular weight is 383 g/mol. The Hall–Kier alpha value is -3.19. The maximum Gasteiger partial charge on any atom is 0.325 e. The van der Waals surface area contributed by atoms with Crippen LogP contribution in [0, 0.1) is 0 Å².